The van der Waals surface area contributed by atoms with Crippen molar-refractivity contribution in [3.8, 4) is 23.0 Å². The summed E-state index contributed by atoms with van der Waals surface area (Å²) in [7, 11) is 0. The van der Waals surface area contributed by atoms with Crippen LogP contribution in [-0.4, -0.2) is 18.1 Å². The van der Waals surface area contributed by atoms with Gasteiger partial charge in [0.05, 0.1) is 0 Å². The fourth-order valence-electron chi connectivity index (χ4n) is 3.43. The first-order chi connectivity index (χ1) is 16.5. The Kier molecular flexibility index (Phi) is 8.93. The van der Waals surface area contributed by atoms with E-state index in [9.17, 15) is 9.59 Å². The van der Waals surface area contributed by atoms with E-state index in [-0.39, 0.29) is 6.42 Å². The molecular formula is C27H28ClNO5. The number of ether oxygens (including phenoxy) is 3. The molecule has 0 aliphatic carbocycles. The number of alkyl carbamates (subject to hydrolysis) is 1. The van der Waals surface area contributed by atoms with Gasteiger partial charge < -0.3 is 14.2 Å². The van der Waals surface area contributed by atoms with Crippen molar-refractivity contribution in [3.63, 3.8) is 0 Å². The molecule has 1 fully saturated rings. The second-order valence-electron chi connectivity index (χ2n) is 7.41. The molecule has 1 unspecified atom stereocenters. The van der Waals surface area contributed by atoms with Crippen molar-refractivity contribution in [1.82, 2.24) is 5.32 Å². The zero-order valence-corrected chi connectivity index (χ0v) is 20.2. The van der Waals surface area contributed by atoms with Crippen LogP contribution in [0.2, 0.25) is 5.02 Å². The number of cyclic esters (lactones) is 1. The first-order valence-electron chi connectivity index (χ1n) is 11.3. The van der Waals surface area contributed by atoms with Gasteiger partial charge in [-0.3, -0.25) is 10.1 Å². The van der Waals surface area contributed by atoms with Gasteiger partial charge >= 0.3 is 6.09 Å². The van der Waals surface area contributed by atoms with Crippen LogP contribution in [-0.2, 0) is 22.4 Å². The van der Waals surface area contributed by atoms with E-state index in [2.05, 4.69) is 12.2 Å². The molecule has 34 heavy (non-hydrogen) atoms. The topological polar surface area (TPSA) is 73.9 Å². The SMILES string of the molecule is CC.CCCc1cc(Oc2ccc(Cl)cc2)ccc1Oc1cccc(CC2OC(=O)NC2=O)c1. The molecule has 178 valence electrons. The lowest BCUT2D eigenvalue weighted by molar-refractivity contribution is -0.123. The highest BCUT2D eigenvalue weighted by Crippen LogP contribution is 2.32. The highest BCUT2D eigenvalue weighted by Gasteiger charge is 2.32. The summed E-state index contributed by atoms with van der Waals surface area (Å²) in [5.41, 5.74) is 1.85. The number of imide groups is 1. The Balaban J connectivity index is 0.00000158. The van der Waals surface area contributed by atoms with E-state index in [4.69, 9.17) is 25.8 Å². The standard InChI is InChI=1S/C25H22ClNO5.C2H6/c1-2-4-17-15-21(30-19-9-7-18(26)8-10-19)11-12-22(17)31-20-6-3-5-16(13-20)14-23-24(28)27-25(29)32-23;1-2/h3,5-13,15,23H,2,4,14H2,1H3,(H,27,28,29);1-2H3. The lowest BCUT2D eigenvalue weighted by Crippen LogP contribution is -2.25. The van der Waals surface area contributed by atoms with Gasteiger partial charge in [-0.15, -0.1) is 0 Å². The molecule has 0 aromatic heterocycles. The Morgan fingerprint density at radius 2 is 1.62 bits per heavy atom. The Labute approximate surface area is 204 Å². The van der Waals surface area contributed by atoms with E-state index in [1.807, 2.05) is 68.4 Å². The minimum Gasteiger partial charge on any atom is -0.457 e. The molecule has 7 heteroatoms. The fourth-order valence-corrected chi connectivity index (χ4v) is 3.55. The summed E-state index contributed by atoms with van der Waals surface area (Å²) >= 11 is 5.94. The van der Waals surface area contributed by atoms with Crippen LogP contribution in [0.15, 0.2) is 66.7 Å². The molecule has 1 N–H and O–H groups in total. The molecule has 1 heterocycles. The normalized spacial score (nSPS) is 14.5. The van der Waals surface area contributed by atoms with Crippen LogP contribution >= 0.6 is 11.6 Å². The highest BCUT2D eigenvalue weighted by molar-refractivity contribution is 6.30. The maximum atomic E-state index is 11.8. The molecule has 1 aliphatic rings. The molecule has 0 radical (unpaired) electrons. The van der Waals surface area contributed by atoms with Crippen molar-refractivity contribution in [3.05, 3.63) is 82.9 Å². The third-order valence-corrected chi connectivity index (χ3v) is 5.17. The monoisotopic (exact) mass is 481 g/mol. The zero-order chi connectivity index (χ0) is 24.5. The van der Waals surface area contributed by atoms with Crippen molar-refractivity contribution in [2.75, 3.05) is 0 Å². The molecule has 3 aromatic carbocycles. The second-order valence-corrected chi connectivity index (χ2v) is 7.85. The molecular weight excluding hydrogens is 454 g/mol. The third kappa shape index (κ3) is 6.75. The lowest BCUT2D eigenvalue weighted by atomic mass is 10.1. The van der Waals surface area contributed by atoms with E-state index in [1.54, 1.807) is 12.1 Å². The number of rotatable bonds is 8. The van der Waals surface area contributed by atoms with Crippen LogP contribution in [0.25, 0.3) is 0 Å². The van der Waals surface area contributed by atoms with E-state index < -0.39 is 18.1 Å². The van der Waals surface area contributed by atoms with Gasteiger partial charge in [-0.25, -0.2) is 4.79 Å². The smallest absolute Gasteiger partial charge is 0.414 e. The summed E-state index contributed by atoms with van der Waals surface area (Å²) in [6.07, 6.45) is 0.522. The molecule has 6 nitrogen and oxygen atoms in total. The number of benzene rings is 3. The van der Waals surface area contributed by atoms with Crippen LogP contribution < -0.4 is 14.8 Å². The average molecular weight is 482 g/mol. The Bertz CT molecular complexity index is 1130. The quantitative estimate of drug-likeness (QED) is 0.372. The van der Waals surface area contributed by atoms with Crippen molar-refractivity contribution >= 4 is 23.6 Å². The van der Waals surface area contributed by atoms with E-state index in [1.165, 1.54) is 0 Å². The van der Waals surface area contributed by atoms with E-state index in [0.717, 1.165) is 29.7 Å². The minimum atomic E-state index is -0.822. The maximum absolute atomic E-state index is 11.8. The summed E-state index contributed by atoms with van der Waals surface area (Å²) in [6, 6.07) is 20.3. The van der Waals surface area contributed by atoms with E-state index in [0.29, 0.717) is 22.3 Å². The molecule has 0 bridgehead atoms. The van der Waals surface area contributed by atoms with Crippen molar-refractivity contribution < 1.29 is 23.8 Å². The summed E-state index contributed by atoms with van der Waals surface area (Å²) in [4.78, 5) is 23.0. The molecule has 1 saturated heterocycles. The summed E-state index contributed by atoms with van der Waals surface area (Å²) in [5, 5.41) is 2.79. The zero-order valence-electron chi connectivity index (χ0n) is 19.5. The minimum absolute atomic E-state index is 0.282. The van der Waals surface area contributed by atoms with Crippen LogP contribution in [0.3, 0.4) is 0 Å². The van der Waals surface area contributed by atoms with Gasteiger partial charge in [-0.1, -0.05) is 50.9 Å². The fraction of sp³-hybridized carbons (Fsp3) is 0.259. The van der Waals surface area contributed by atoms with Gasteiger partial charge in [0.25, 0.3) is 5.91 Å². The van der Waals surface area contributed by atoms with Crippen LogP contribution in [0.4, 0.5) is 4.79 Å². The number of hydrogen-bond donors (Lipinski definition) is 1. The molecule has 0 spiro atoms. The van der Waals surface area contributed by atoms with Crippen LogP contribution in [0, 0.1) is 0 Å². The third-order valence-electron chi connectivity index (χ3n) is 4.91. The number of aryl methyl sites for hydroxylation is 1. The van der Waals surface area contributed by atoms with Crippen LogP contribution in [0.5, 0.6) is 23.0 Å². The van der Waals surface area contributed by atoms with Gasteiger partial charge in [0, 0.05) is 11.4 Å². The number of halogens is 1. The van der Waals surface area contributed by atoms with Gasteiger partial charge in [0.2, 0.25) is 0 Å². The Morgan fingerprint density at radius 1 is 0.912 bits per heavy atom. The summed E-state index contributed by atoms with van der Waals surface area (Å²) in [6.45, 7) is 6.10. The highest BCUT2D eigenvalue weighted by atomic mass is 35.5. The number of hydrogen-bond acceptors (Lipinski definition) is 5. The first kappa shape index (κ1) is 25.1. The summed E-state index contributed by atoms with van der Waals surface area (Å²) < 4.78 is 17.1. The average Bonchev–Trinajstić information content (AvgIpc) is 3.15. The molecule has 4 rings (SSSR count). The maximum Gasteiger partial charge on any atom is 0.414 e. The molecule has 3 aromatic rings. The Morgan fingerprint density at radius 3 is 2.29 bits per heavy atom. The Hall–Kier alpha value is -3.51. The van der Waals surface area contributed by atoms with Crippen LogP contribution in [0.1, 0.15) is 38.3 Å². The molecule has 1 atom stereocenters. The predicted molar refractivity (Wildman–Crippen MR) is 132 cm³/mol. The van der Waals surface area contributed by atoms with Gasteiger partial charge in [-0.2, -0.15) is 0 Å². The number of carbonyl (C=O) groups is 2. The predicted octanol–water partition coefficient (Wildman–Crippen LogP) is 7.08. The number of nitrogens with one attached hydrogen (secondary N) is 1. The number of amides is 2. The van der Waals surface area contributed by atoms with E-state index >= 15 is 0 Å². The van der Waals surface area contributed by atoms with Crippen molar-refractivity contribution in [2.24, 2.45) is 0 Å². The van der Waals surface area contributed by atoms with Gasteiger partial charge in [0.15, 0.2) is 6.10 Å². The first-order valence-corrected chi connectivity index (χ1v) is 11.7. The van der Waals surface area contributed by atoms with Crippen molar-refractivity contribution in [2.45, 2.75) is 46.1 Å². The van der Waals surface area contributed by atoms with Crippen molar-refractivity contribution in [1.29, 1.82) is 0 Å². The molecule has 0 saturated carbocycles. The largest absolute Gasteiger partial charge is 0.457 e. The second kappa shape index (κ2) is 12.1. The van der Waals surface area contributed by atoms with Gasteiger partial charge in [-0.05, 0) is 72.1 Å². The number of carbonyl (C=O) groups excluding carboxylic acids is 2. The molecule has 2 amide bonds. The summed E-state index contributed by atoms with van der Waals surface area (Å²) in [5.74, 6) is 2.36. The van der Waals surface area contributed by atoms with Gasteiger partial charge in [0.1, 0.15) is 23.0 Å². The lowest BCUT2D eigenvalue weighted by Gasteiger charge is -2.14. The molecule has 1 aliphatic heterocycles.